The van der Waals surface area contributed by atoms with E-state index < -0.39 is 11.4 Å². The highest BCUT2D eigenvalue weighted by atomic mass is 32.2. The third-order valence-electron chi connectivity index (χ3n) is 4.27. The summed E-state index contributed by atoms with van der Waals surface area (Å²) in [6, 6.07) is 0. The number of hydrogen-bond donors (Lipinski definition) is 2. The summed E-state index contributed by atoms with van der Waals surface area (Å²) in [4.78, 5) is 25.4. The number of thioether (sulfide) groups is 1. The molecule has 2 atom stereocenters. The number of nitrogens with two attached hydrogens (primary N) is 1. The van der Waals surface area contributed by atoms with Crippen LogP contribution in [-0.4, -0.2) is 49.8 Å². The van der Waals surface area contributed by atoms with Gasteiger partial charge in [-0.05, 0) is 6.42 Å². The van der Waals surface area contributed by atoms with Gasteiger partial charge >= 0.3 is 0 Å². The molecule has 3 N–H and O–H groups in total. The highest BCUT2D eigenvalue weighted by Crippen LogP contribution is 2.45. The molecule has 2 aromatic rings. The lowest BCUT2D eigenvalue weighted by atomic mass is 9.82. The molecule has 1 amide bonds. The van der Waals surface area contributed by atoms with E-state index in [9.17, 15) is 4.79 Å². The maximum absolute atomic E-state index is 12.2. The Labute approximate surface area is 152 Å². The van der Waals surface area contributed by atoms with Crippen molar-refractivity contribution in [2.75, 3.05) is 24.3 Å². The Balaban J connectivity index is 1.59. The number of hydrogen-bond acceptors (Lipinski definition) is 9. The molecule has 132 valence electrons. The van der Waals surface area contributed by atoms with E-state index in [1.165, 1.54) is 22.3 Å². The molecule has 0 aromatic carbocycles. The van der Waals surface area contributed by atoms with Gasteiger partial charge in [-0.1, -0.05) is 11.8 Å². The van der Waals surface area contributed by atoms with Gasteiger partial charge in [-0.15, -0.1) is 16.4 Å². The van der Waals surface area contributed by atoms with Crippen molar-refractivity contribution in [3.05, 3.63) is 22.5 Å². The van der Waals surface area contributed by atoms with Gasteiger partial charge in [0.05, 0.1) is 6.61 Å². The van der Waals surface area contributed by atoms with Crippen molar-refractivity contribution in [1.82, 2.24) is 19.7 Å². The van der Waals surface area contributed by atoms with Gasteiger partial charge in [-0.25, -0.2) is 15.0 Å². The number of ether oxygens (including phenoxy) is 1. The molecule has 0 aliphatic carbocycles. The van der Waals surface area contributed by atoms with Crippen LogP contribution in [0.2, 0.25) is 0 Å². The molecule has 0 spiro atoms. The Morgan fingerprint density at radius 3 is 3.24 bits per heavy atom. The van der Waals surface area contributed by atoms with Crippen LogP contribution in [-0.2, 0) is 17.3 Å². The van der Waals surface area contributed by atoms with Crippen LogP contribution in [0.3, 0.4) is 0 Å². The molecule has 2 aliphatic rings. The predicted molar refractivity (Wildman–Crippen MR) is 95.8 cm³/mol. The van der Waals surface area contributed by atoms with Crippen LogP contribution in [0.4, 0.5) is 5.82 Å². The highest BCUT2D eigenvalue weighted by Gasteiger charge is 2.47. The lowest BCUT2D eigenvalue weighted by Gasteiger charge is -2.41. The van der Waals surface area contributed by atoms with E-state index in [1.807, 2.05) is 0 Å². The maximum Gasteiger partial charge on any atom is 0.296 e. The van der Waals surface area contributed by atoms with Gasteiger partial charge in [-0.3, -0.25) is 9.48 Å². The van der Waals surface area contributed by atoms with Crippen LogP contribution in [0.1, 0.15) is 22.0 Å². The molecule has 2 aromatic heterocycles. The number of fused-ring (bicyclic) bond motifs is 1. The molecule has 2 aliphatic heterocycles. The van der Waals surface area contributed by atoms with Crippen molar-refractivity contribution in [1.29, 1.82) is 0 Å². The van der Waals surface area contributed by atoms with Crippen molar-refractivity contribution >= 4 is 40.0 Å². The van der Waals surface area contributed by atoms with Gasteiger partial charge in [0.15, 0.2) is 5.17 Å². The number of amides is 1. The molecule has 4 rings (SSSR count). The molecule has 2 unspecified atom stereocenters. The zero-order chi connectivity index (χ0) is 17.4. The average Bonchev–Trinajstić information content (AvgIpc) is 3.24. The number of carbonyl (C=O) groups is 1. The first-order valence-electron chi connectivity index (χ1n) is 7.76. The molecule has 0 bridgehead atoms. The van der Waals surface area contributed by atoms with Crippen LogP contribution in [0.15, 0.2) is 16.7 Å². The largest absolute Gasteiger partial charge is 0.379 e. The molecule has 9 nitrogen and oxygen atoms in total. The quantitative estimate of drug-likeness (QED) is 0.810. The first kappa shape index (κ1) is 16.5. The van der Waals surface area contributed by atoms with Gasteiger partial charge in [0, 0.05) is 30.7 Å². The minimum Gasteiger partial charge on any atom is -0.379 e. The standard InChI is InChI=1S/C14H17N7O2S2/c1-21-7-16-10(20-21)11(22)17-9-5-24-12(18-9)14-6-23-3-2-8(14)4-25-13(15)19-14/h5,7-8H,2-4,6H2,1H3,(H2,15,19)(H,17,22). The van der Waals surface area contributed by atoms with E-state index in [0.29, 0.717) is 23.5 Å². The Morgan fingerprint density at radius 1 is 1.56 bits per heavy atom. The first-order chi connectivity index (χ1) is 12.1. The van der Waals surface area contributed by atoms with E-state index in [0.717, 1.165) is 23.8 Å². The van der Waals surface area contributed by atoms with Crippen LogP contribution in [0.25, 0.3) is 0 Å². The van der Waals surface area contributed by atoms with Gasteiger partial charge in [0.1, 0.15) is 22.7 Å². The minimum atomic E-state index is -0.551. The van der Waals surface area contributed by atoms with Gasteiger partial charge < -0.3 is 15.8 Å². The highest BCUT2D eigenvalue weighted by molar-refractivity contribution is 8.13. The van der Waals surface area contributed by atoms with Gasteiger partial charge in [0.2, 0.25) is 5.82 Å². The monoisotopic (exact) mass is 379 g/mol. The molecule has 4 heterocycles. The van der Waals surface area contributed by atoms with Crippen molar-refractivity contribution in [3.8, 4) is 0 Å². The zero-order valence-corrected chi connectivity index (χ0v) is 15.1. The van der Waals surface area contributed by atoms with Crippen LogP contribution in [0.5, 0.6) is 0 Å². The van der Waals surface area contributed by atoms with Crippen LogP contribution in [0, 0.1) is 5.92 Å². The number of nitrogens with zero attached hydrogens (tertiary/aromatic N) is 5. The third-order valence-corrected chi connectivity index (χ3v) is 6.23. The fourth-order valence-electron chi connectivity index (χ4n) is 3.00. The summed E-state index contributed by atoms with van der Waals surface area (Å²) in [6.45, 7) is 1.18. The van der Waals surface area contributed by atoms with Crippen LogP contribution >= 0.6 is 23.1 Å². The Hall–Kier alpha value is -1.98. The number of rotatable bonds is 3. The van der Waals surface area contributed by atoms with Gasteiger partial charge in [0.25, 0.3) is 5.91 Å². The third kappa shape index (κ3) is 3.02. The zero-order valence-electron chi connectivity index (χ0n) is 13.5. The second-order valence-corrected chi connectivity index (χ2v) is 7.86. The Bertz CT molecular complexity index is 833. The first-order valence-corrected chi connectivity index (χ1v) is 9.62. The lowest BCUT2D eigenvalue weighted by molar-refractivity contribution is 0.00448. The number of anilines is 1. The van der Waals surface area contributed by atoms with Gasteiger partial charge in [-0.2, -0.15) is 0 Å². The fourth-order valence-corrected chi connectivity index (χ4v) is 5.00. The summed E-state index contributed by atoms with van der Waals surface area (Å²) < 4.78 is 7.17. The molecule has 11 heteroatoms. The van der Waals surface area contributed by atoms with E-state index in [2.05, 4.69) is 20.4 Å². The van der Waals surface area contributed by atoms with Crippen molar-refractivity contribution in [2.45, 2.75) is 12.0 Å². The summed E-state index contributed by atoms with van der Waals surface area (Å²) >= 11 is 3.03. The number of thiazole rings is 1. The van der Waals surface area contributed by atoms with E-state index in [4.69, 9.17) is 15.5 Å². The molecule has 1 fully saturated rings. The summed E-state index contributed by atoms with van der Waals surface area (Å²) in [6.07, 6.45) is 2.39. The van der Waals surface area contributed by atoms with E-state index >= 15 is 0 Å². The van der Waals surface area contributed by atoms with Crippen molar-refractivity contribution < 1.29 is 9.53 Å². The molecule has 0 saturated carbocycles. The maximum atomic E-state index is 12.2. The average molecular weight is 379 g/mol. The number of aromatic nitrogens is 4. The SMILES string of the molecule is Cn1cnc(C(=O)Nc2csc(C34COCCC3CSC(N)=N4)n2)n1. The van der Waals surface area contributed by atoms with Crippen molar-refractivity contribution in [2.24, 2.45) is 23.7 Å². The second kappa shape index (κ2) is 6.39. The molecule has 1 saturated heterocycles. The lowest BCUT2D eigenvalue weighted by Crippen LogP contribution is -2.47. The normalized spacial score (nSPS) is 26.0. The number of aryl methyl sites for hydroxylation is 1. The summed E-state index contributed by atoms with van der Waals surface area (Å²) in [5.74, 6) is 1.39. The topological polar surface area (TPSA) is 120 Å². The molecular weight excluding hydrogens is 362 g/mol. The number of aliphatic imine (C=N–C) groups is 1. The smallest absolute Gasteiger partial charge is 0.296 e. The Kier molecular flexibility index (Phi) is 4.21. The predicted octanol–water partition coefficient (Wildman–Crippen LogP) is 0.817. The Morgan fingerprint density at radius 2 is 2.44 bits per heavy atom. The number of carbonyl (C=O) groups excluding carboxylic acids is 1. The van der Waals surface area contributed by atoms with E-state index in [1.54, 1.807) is 24.2 Å². The molecule has 25 heavy (non-hydrogen) atoms. The fraction of sp³-hybridized carbons (Fsp3) is 0.500. The van der Waals surface area contributed by atoms with Crippen LogP contribution < -0.4 is 11.1 Å². The molecule has 0 radical (unpaired) electrons. The number of nitrogens with one attached hydrogen (secondary N) is 1. The second-order valence-electron chi connectivity index (χ2n) is 5.96. The van der Waals surface area contributed by atoms with Crippen molar-refractivity contribution in [3.63, 3.8) is 0 Å². The number of amidine groups is 1. The summed E-state index contributed by atoms with van der Waals surface area (Å²) in [5, 5.41) is 9.88. The molecular formula is C14H17N7O2S2. The summed E-state index contributed by atoms with van der Waals surface area (Å²) in [5.41, 5.74) is 5.42. The van der Waals surface area contributed by atoms with E-state index in [-0.39, 0.29) is 5.82 Å². The summed E-state index contributed by atoms with van der Waals surface area (Å²) in [7, 11) is 1.70. The minimum absolute atomic E-state index is 0.102.